The van der Waals surface area contributed by atoms with E-state index in [1.807, 2.05) is 42.5 Å². The summed E-state index contributed by atoms with van der Waals surface area (Å²) in [5, 5.41) is 0.708. The molecule has 2 aromatic rings. The van der Waals surface area contributed by atoms with Crippen LogP contribution in [0.15, 0.2) is 42.5 Å². The van der Waals surface area contributed by atoms with E-state index in [2.05, 4.69) is 0 Å². The van der Waals surface area contributed by atoms with Crippen LogP contribution in [-0.2, 0) is 0 Å². The lowest BCUT2D eigenvalue weighted by Gasteiger charge is -2.12. The molecule has 0 amide bonds. The molecular weight excluding hydrogens is 297 g/mol. The van der Waals surface area contributed by atoms with Crippen LogP contribution < -0.4 is 15.2 Å². The highest BCUT2D eigenvalue weighted by Gasteiger charge is 2.08. The molecule has 2 rings (SSSR count). The normalized spacial score (nSPS) is 9.75. The summed E-state index contributed by atoms with van der Waals surface area (Å²) in [6, 6.07) is 13.4. The van der Waals surface area contributed by atoms with Gasteiger partial charge >= 0.3 is 0 Å². The van der Waals surface area contributed by atoms with Crippen LogP contribution in [0.2, 0.25) is 5.02 Å². The summed E-state index contributed by atoms with van der Waals surface area (Å²) in [5.74, 6) is 1.36. The smallest absolute Gasteiger partial charge is 0.161 e. The van der Waals surface area contributed by atoms with Crippen molar-refractivity contribution in [2.75, 3.05) is 20.3 Å². The van der Waals surface area contributed by atoms with Crippen molar-refractivity contribution in [3.63, 3.8) is 0 Å². The third-order valence-electron chi connectivity index (χ3n) is 2.72. The van der Waals surface area contributed by atoms with E-state index in [1.165, 1.54) is 0 Å². The van der Waals surface area contributed by atoms with Crippen molar-refractivity contribution in [2.45, 2.75) is 0 Å². The molecule has 20 heavy (non-hydrogen) atoms. The summed E-state index contributed by atoms with van der Waals surface area (Å²) in [7, 11) is 1.61. The Morgan fingerprint density at radius 3 is 2.50 bits per heavy atom. The molecule has 0 bridgehead atoms. The van der Waals surface area contributed by atoms with E-state index < -0.39 is 0 Å². The number of methoxy groups -OCH3 is 1. The first kappa shape index (κ1) is 16.6. The third kappa shape index (κ3) is 3.79. The second-order valence-electron chi connectivity index (χ2n) is 3.98. The number of rotatable bonds is 5. The fourth-order valence-corrected chi connectivity index (χ4v) is 2.06. The van der Waals surface area contributed by atoms with Crippen molar-refractivity contribution in [1.29, 1.82) is 0 Å². The second kappa shape index (κ2) is 8.00. The summed E-state index contributed by atoms with van der Waals surface area (Å²) in [4.78, 5) is 0. The fraction of sp³-hybridized carbons (Fsp3) is 0.200. The van der Waals surface area contributed by atoms with Gasteiger partial charge in [0.05, 0.1) is 7.11 Å². The molecule has 3 nitrogen and oxygen atoms in total. The fourth-order valence-electron chi connectivity index (χ4n) is 1.82. The van der Waals surface area contributed by atoms with Gasteiger partial charge in [-0.25, -0.2) is 0 Å². The first-order chi connectivity index (χ1) is 9.26. The average molecular weight is 314 g/mol. The van der Waals surface area contributed by atoms with Gasteiger partial charge in [0.2, 0.25) is 0 Å². The van der Waals surface area contributed by atoms with Crippen LogP contribution in [0, 0.1) is 0 Å². The van der Waals surface area contributed by atoms with Gasteiger partial charge in [-0.05, 0) is 23.8 Å². The average Bonchev–Trinajstić information content (AvgIpc) is 2.45. The Labute approximate surface area is 130 Å². The van der Waals surface area contributed by atoms with Crippen molar-refractivity contribution >= 4 is 24.0 Å². The van der Waals surface area contributed by atoms with Crippen LogP contribution in [-0.4, -0.2) is 20.3 Å². The highest BCUT2D eigenvalue weighted by molar-refractivity contribution is 6.33. The monoisotopic (exact) mass is 313 g/mol. The summed E-state index contributed by atoms with van der Waals surface area (Å²) in [6.45, 7) is 0.928. The van der Waals surface area contributed by atoms with Crippen molar-refractivity contribution < 1.29 is 9.47 Å². The number of benzene rings is 2. The predicted octanol–water partition coefficient (Wildman–Crippen LogP) is 3.77. The van der Waals surface area contributed by atoms with Crippen molar-refractivity contribution in [1.82, 2.24) is 0 Å². The highest BCUT2D eigenvalue weighted by atomic mass is 35.5. The Bertz CT molecular complexity index is 561. The molecule has 0 heterocycles. The molecule has 2 aromatic carbocycles. The topological polar surface area (TPSA) is 44.5 Å². The van der Waals surface area contributed by atoms with Crippen LogP contribution >= 0.6 is 24.0 Å². The molecule has 108 valence electrons. The Hall–Kier alpha value is -1.42. The SMILES string of the molecule is COc1cc(-c2ccccc2Cl)ccc1OCCN.Cl. The van der Waals surface area contributed by atoms with E-state index in [1.54, 1.807) is 7.11 Å². The van der Waals surface area contributed by atoms with Gasteiger partial charge in [-0.3, -0.25) is 0 Å². The summed E-state index contributed by atoms with van der Waals surface area (Å²) < 4.78 is 10.9. The Balaban J connectivity index is 0.00000200. The van der Waals surface area contributed by atoms with Crippen LogP contribution in [0.3, 0.4) is 0 Å². The van der Waals surface area contributed by atoms with E-state index in [4.69, 9.17) is 26.8 Å². The first-order valence-corrected chi connectivity index (χ1v) is 6.40. The van der Waals surface area contributed by atoms with Crippen LogP contribution in [0.25, 0.3) is 11.1 Å². The number of hydrogen-bond acceptors (Lipinski definition) is 3. The molecule has 5 heteroatoms. The molecule has 2 N–H and O–H groups in total. The Morgan fingerprint density at radius 2 is 1.85 bits per heavy atom. The van der Waals surface area contributed by atoms with Crippen LogP contribution in [0.5, 0.6) is 11.5 Å². The lowest BCUT2D eigenvalue weighted by molar-refractivity contribution is 0.302. The van der Waals surface area contributed by atoms with E-state index in [9.17, 15) is 0 Å². The van der Waals surface area contributed by atoms with Crippen molar-refractivity contribution in [3.05, 3.63) is 47.5 Å². The molecule has 0 unspecified atom stereocenters. The minimum Gasteiger partial charge on any atom is -0.493 e. The number of hydrogen-bond donors (Lipinski definition) is 1. The third-order valence-corrected chi connectivity index (χ3v) is 3.05. The quantitative estimate of drug-likeness (QED) is 0.913. The Morgan fingerprint density at radius 1 is 1.10 bits per heavy atom. The summed E-state index contributed by atoms with van der Waals surface area (Å²) >= 11 is 6.19. The molecule has 0 aliphatic rings. The van der Waals surface area contributed by atoms with Gasteiger partial charge in [0.25, 0.3) is 0 Å². The maximum atomic E-state index is 6.19. The molecule has 0 fully saturated rings. The predicted molar refractivity (Wildman–Crippen MR) is 85.2 cm³/mol. The van der Waals surface area contributed by atoms with Crippen LogP contribution in [0.4, 0.5) is 0 Å². The minimum atomic E-state index is 0. The molecule has 0 aliphatic heterocycles. The Kier molecular flexibility index (Phi) is 6.65. The molecule has 0 saturated carbocycles. The summed E-state index contributed by atoms with van der Waals surface area (Å²) in [6.07, 6.45) is 0. The number of ether oxygens (including phenoxy) is 2. The standard InChI is InChI=1S/C15H16ClNO2.ClH/c1-18-15-10-11(6-7-14(15)19-9-8-17)12-4-2-3-5-13(12)16;/h2-7,10H,8-9,17H2,1H3;1H. The van der Waals surface area contributed by atoms with Crippen LogP contribution in [0.1, 0.15) is 0 Å². The van der Waals surface area contributed by atoms with Gasteiger partial charge in [0.15, 0.2) is 11.5 Å². The minimum absolute atomic E-state index is 0. The number of nitrogens with two attached hydrogens (primary N) is 1. The molecular formula is C15H17Cl2NO2. The zero-order chi connectivity index (χ0) is 13.7. The molecule has 0 atom stereocenters. The maximum absolute atomic E-state index is 6.19. The van der Waals surface area contributed by atoms with E-state index in [0.717, 1.165) is 11.1 Å². The zero-order valence-corrected chi connectivity index (χ0v) is 12.7. The van der Waals surface area contributed by atoms with Gasteiger partial charge in [-0.1, -0.05) is 35.9 Å². The highest BCUT2D eigenvalue weighted by Crippen LogP contribution is 2.35. The summed E-state index contributed by atoms with van der Waals surface area (Å²) in [5.41, 5.74) is 7.38. The zero-order valence-electron chi connectivity index (χ0n) is 11.1. The largest absolute Gasteiger partial charge is 0.493 e. The molecule has 0 aliphatic carbocycles. The number of halogens is 2. The van der Waals surface area contributed by atoms with Gasteiger partial charge in [0.1, 0.15) is 6.61 Å². The van der Waals surface area contributed by atoms with Gasteiger partial charge in [0, 0.05) is 17.1 Å². The maximum Gasteiger partial charge on any atom is 0.161 e. The van der Waals surface area contributed by atoms with E-state index in [0.29, 0.717) is 29.7 Å². The molecule has 0 aromatic heterocycles. The molecule has 0 spiro atoms. The first-order valence-electron chi connectivity index (χ1n) is 6.02. The molecule has 0 radical (unpaired) electrons. The van der Waals surface area contributed by atoms with Crippen molar-refractivity contribution in [3.8, 4) is 22.6 Å². The van der Waals surface area contributed by atoms with Gasteiger partial charge in [-0.15, -0.1) is 12.4 Å². The van der Waals surface area contributed by atoms with Crippen molar-refractivity contribution in [2.24, 2.45) is 5.73 Å². The van der Waals surface area contributed by atoms with E-state index >= 15 is 0 Å². The lowest BCUT2D eigenvalue weighted by Crippen LogP contribution is -2.11. The lowest BCUT2D eigenvalue weighted by atomic mass is 10.1. The van der Waals surface area contributed by atoms with Gasteiger partial charge in [-0.2, -0.15) is 0 Å². The van der Waals surface area contributed by atoms with E-state index in [-0.39, 0.29) is 12.4 Å². The van der Waals surface area contributed by atoms with Gasteiger partial charge < -0.3 is 15.2 Å². The molecule has 0 saturated heterocycles. The second-order valence-corrected chi connectivity index (χ2v) is 4.39.